The lowest BCUT2D eigenvalue weighted by Crippen LogP contribution is -2.26. The van der Waals surface area contributed by atoms with Crippen molar-refractivity contribution in [2.75, 3.05) is 5.32 Å². The zero-order chi connectivity index (χ0) is 35.8. The number of hydrogen-bond donors (Lipinski definition) is 1. The highest BCUT2D eigenvalue weighted by molar-refractivity contribution is 6.18. The van der Waals surface area contributed by atoms with Gasteiger partial charge in [-0.2, -0.15) is 0 Å². The standard InChI is InChI=1S/C50H33N5/c1-3-13-32(14-4-1)53-43-21-11-7-17-34(43)36-25-30(23-24-45(36)53)31-26-39-38-28-37-35-18-8-12-22-44(35)54(33-15-5-2-6-16-33)46(37)29-47(38)55-49(39)40(27-31)48-50(55)52-42-20-10-9-19-41(42)51-48/h1-26,28-29,40,50,52H,27H2. The Hall–Kier alpha value is -7.11. The summed E-state index contributed by atoms with van der Waals surface area (Å²) in [6.45, 7) is 0. The molecule has 2 atom stereocenters. The summed E-state index contributed by atoms with van der Waals surface area (Å²) >= 11 is 0. The maximum Gasteiger partial charge on any atom is 0.144 e. The lowest BCUT2D eigenvalue weighted by atomic mass is 9.81. The molecule has 5 heterocycles. The molecule has 10 aromatic rings. The van der Waals surface area contributed by atoms with Crippen LogP contribution in [-0.2, 0) is 0 Å². The maximum atomic E-state index is 5.44. The number of aromatic nitrogens is 3. The zero-order valence-electron chi connectivity index (χ0n) is 29.8. The summed E-state index contributed by atoms with van der Waals surface area (Å²) in [5.41, 5.74) is 17.1. The first-order chi connectivity index (χ1) is 27.3. The second-order valence-corrected chi connectivity index (χ2v) is 15.2. The molecule has 3 aromatic heterocycles. The van der Waals surface area contributed by atoms with Gasteiger partial charge in [0.05, 0.1) is 44.7 Å². The van der Waals surface area contributed by atoms with E-state index >= 15 is 0 Å². The van der Waals surface area contributed by atoms with Crippen molar-refractivity contribution in [1.82, 2.24) is 13.7 Å². The predicted octanol–water partition coefficient (Wildman–Crippen LogP) is 12.6. The van der Waals surface area contributed by atoms with E-state index in [-0.39, 0.29) is 12.1 Å². The summed E-state index contributed by atoms with van der Waals surface area (Å²) in [6, 6.07) is 59.6. The highest BCUT2D eigenvalue weighted by Crippen LogP contribution is 2.54. The molecule has 13 rings (SSSR count). The fourth-order valence-corrected chi connectivity index (χ4v) is 10.1. The SMILES string of the molecule is C1=C(c2ccc3c(c2)c2ccccc2n3-c2ccccc2)CC2C3=Nc4ccccc4NC3n3c2c1c1cc2c4ccccc4n(-c4ccccc4)c2cc13. The molecule has 1 aliphatic carbocycles. The quantitative estimate of drug-likeness (QED) is 0.195. The number of hydrogen-bond acceptors (Lipinski definition) is 2. The summed E-state index contributed by atoms with van der Waals surface area (Å²) in [5.74, 6) is 0.155. The third-order valence-corrected chi connectivity index (χ3v) is 12.4. The molecular weight excluding hydrogens is 671 g/mol. The molecule has 2 unspecified atom stereocenters. The van der Waals surface area contributed by atoms with Crippen LogP contribution in [0.4, 0.5) is 11.4 Å². The van der Waals surface area contributed by atoms with Crippen molar-refractivity contribution in [3.8, 4) is 11.4 Å². The van der Waals surface area contributed by atoms with E-state index in [0.717, 1.165) is 17.8 Å². The molecule has 0 saturated heterocycles. The number of para-hydroxylation sites is 6. The van der Waals surface area contributed by atoms with Crippen LogP contribution in [0.25, 0.3) is 77.5 Å². The molecule has 0 radical (unpaired) electrons. The van der Waals surface area contributed by atoms with Crippen molar-refractivity contribution in [3.63, 3.8) is 0 Å². The van der Waals surface area contributed by atoms with Gasteiger partial charge in [-0.15, -0.1) is 0 Å². The fraction of sp³-hybridized carbons (Fsp3) is 0.0600. The average Bonchev–Trinajstić information content (AvgIpc) is 3.96. The van der Waals surface area contributed by atoms with E-state index in [1.54, 1.807) is 0 Å². The second-order valence-electron chi connectivity index (χ2n) is 15.2. The topological polar surface area (TPSA) is 39.2 Å². The molecule has 0 fully saturated rings. The Morgan fingerprint density at radius 2 is 1.13 bits per heavy atom. The smallest absolute Gasteiger partial charge is 0.144 e. The van der Waals surface area contributed by atoms with Crippen LogP contribution in [0.15, 0.2) is 169 Å². The average molecular weight is 704 g/mol. The van der Waals surface area contributed by atoms with Crippen LogP contribution in [0.1, 0.15) is 35.3 Å². The van der Waals surface area contributed by atoms with Crippen LogP contribution in [0.5, 0.6) is 0 Å². The number of aliphatic imine (C=N–C) groups is 1. The van der Waals surface area contributed by atoms with Gasteiger partial charge in [-0.05, 0) is 96.4 Å². The molecule has 2 aliphatic heterocycles. The van der Waals surface area contributed by atoms with E-state index < -0.39 is 0 Å². The molecule has 3 aliphatic rings. The molecule has 258 valence electrons. The Kier molecular flexibility index (Phi) is 5.73. The molecule has 0 bridgehead atoms. The van der Waals surface area contributed by atoms with Crippen LogP contribution >= 0.6 is 0 Å². The monoisotopic (exact) mass is 703 g/mol. The van der Waals surface area contributed by atoms with E-state index in [2.05, 4.69) is 189 Å². The van der Waals surface area contributed by atoms with Crippen LogP contribution in [0.2, 0.25) is 0 Å². The number of nitrogens with zero attached hydrogens (tertiary/aromatic N) is 4. The third-order valence-electron chi connectivity index (χ3n) is 12.4. The lowest BCUT2D eigenvalue weighted by molar-refractivity contribution is 0.748. The number of nitrogens with one attached hydrogen (secondary N) is 1. The second kappa shape index (κ2) is 10.7. The number of allylic oxidation sites excluding steroid dienone is 1. The molecule has 55 heavy (non-hydrogen) atoms. The summed E-state index contributed by atoms with van der Waals surface area (Å²) < 4.78 is 7.39. The van der Waals surface area contributed by atoms with Crippen molar-refractivity contribution in [1.29, 1.82) is 0 Å². The molecule has 0 spiro atoms. The lowest BCUT2D eigenvalue weighted by Gasteiger charge is -2.27. The van der Waals surface area contributed by atoms with Crippen LogP contribution in [0, 0.1) is 0 Å². The highest BCUT2D eigenvalue weighted by atomic mass is 15.2. The molecule has 0 saturated carbocycles. The van der Waals surface area contributed by atoms with Gasteiger partial charge in [0, 0.05) is 55.5 Å². The Balaban J connectivity index is 1.08. The van der Waals surface area contributed by atoms with Crippen molar-refractivity contribution < 1.29 is 0 Å². The molecule has 5 nitrogen and oxygen atoms in total. The summed E-state index contributed by atoms with van der Waals surface area (Å²) in [5, 5.41) is 10.3. The van der Waals surface area contributed by atoms with Gasteiger partial charge in [-0.25, -0.2) is 0 Å². The number of benzene rings is 7. The molecule has 5 heteroatoms. The van der Waals surface area contributed by atoms with E-state index in [9.17, 15) is 0 Å². The normalized spacial score (nSPS) is 17.0. The van der Waals surface area contributed by atoms with Crippen molar-refractivity contribution in [3.05, 3.63) is 181 Å². The Morgan fingerprint density at radius 1 is 0.509 bits per heavy atom. The molecular formula is C50H33N5. The van der Waals surface area contributed by atoms with E-state index in [1.807, 2.05) is 0 Å². The zero-order valence-corrected chi connectivity index (χ0v) is 29.8. The minimum absolute atomic E-state index is 0.0581. The fourth-order valence-electron chi connectivity index (χ4n) is 10.1. The van der Waals surface area contributed by atoms with Gasteiger partial charge in [-0.3, -0.25) is 4.99 Å². The Morgan fingerprint density at radius 3 is 1.87 bits per heavy atom. The Bertz CT molecular complexity index is 3320. The summed E-state index contributed by atoms with van der Waals surface area (Å²) in [4.78, 5) is 5.44. The van der Waals surface area contributed by atoms with Gasteiger partial charge in [0.1, 0.15) is 6.17 Å². The largest absolute Gasteiger partial charge is 0.358 e. The number of rotatable bonds is 3. The van der Waals surface area contributed by atoms with E-state index in [0.29, 0.717) is 0 Å². The summed E-state index contributed by atoms with van der Waals surface area (Å²) in [7, 11) is 0. The predicted molar refractivity (Wildman–Crippen MR) is 228 cm³/mol. The maximum absolute atomic E-state index is 5.44. The third kappa shape index (κ3) is 3.94. The first kappa shape index (κ1) is 29.4. The molecule has 0 amide bonds. The number of fused-ring (bicyclic) bond motifs is 13. The Labute approximate surface area is 316 Å². The first-order valence-corrected chi connectivity index (χ1v) is 19.2. The van der Waals surface area contributed by atoms with Crippen LogP contribution < -0.4 is 5.32 Å². The summed E-state index contributed by atoms with van der Waals surface area (Å²) in [6.07, 6.45) is 3.33. The van der Waals surface area contributed by atoms with Gasteiger partial charge in [0.25, 0.3) is 0 Å². The minimum atomic E-state index is -0.0581. The van der Waals surface area contributed by atoms with Crippen LogP contribution in [0.3, 0.4) is 0 Å². The van der Waals surface area contributed by atoms with Gasteiger partial charge in [0.15, 0.2) is 0 Å². The van der Waals surface area contributed by atoms with Crippen molar-refractivity contribution in [2.24, 2.45) is 4.99 Å². The van der Waals surface area contributed by atoms with E-state index in [1.165, 1.54) is 94.0 Å². The highest BCUT2D eigenvalue weighted by Gasteiger charge is 2.45. The minimum Gasteiger partial charge on any atom is -0.358 e. The van der Waals surface area contributed by atoms with Crippen LogP contribution in [-0.4, -0.2) is 19.4 Å². The van der Waals surface area contributed by atoms with Gasteiger partial charge < -0.3 is 19.0 Å². The number of anilines is 1. The van der Waals surface area contributed by atoms with Gasteiger partial charge in [-0.1, -0.05) is 91.0 Å². The first-order valence-electron chi connectivity index (χ1n) is 19.2. The molecule has 1 N–H and O–H groups in total. The van der Waals surface area contributed by atoms with Crippen molar-refractivity contribution >= 4 is 83.3 Å². The van der Waals surface area contributed by atoms with Gasteiger partial charge >= 0.3 is 0 Å². The van der Waals surface area contributed by atoms with E-state index in [4.69, 9.17) is 4.99 Å². The van der Waals surface area contributed by atoms with Crippen molar-refractivity contribution in [2.45, 2.75) is 18.5 Å². The molecule has 7 aromatic carbocycles. The van der Waals surface area contributed by atoms with Gasteiger partial charge in [0.2, 0.25) is 0 Å².